The van der Waals surface area contributed by atoms with Crippen molar-refractivity contribution < 1.29 is 18.6 Å². The van der Waals surface area contributed by atoms with Crippen LogP contribution in [0.4, 0.5) is 0 Å². The summed E-state index contributed by atoms with van der Waals surface area (Å²) in [6.07, 6.45) is 5.13. The molecule has 0 unspecified atom stereocenters. The highest BCUT2D eigenvalue weighted by atomic mass is 16.7. The molecule has 142 valence electrons. The van der Waals surface area contributed by atoms with Crippen LogP contribution in [0.1, 0.15) is 67.2 Å². The van der Waals surface area contributed by atoms with Crippen molar-refractivity contribution >= 4 is 14.0 Å². The summed E-state index contributed by atoms with van der Waals surface area (Å²) in [4.78, 5) is 0. The van der Waals surface area contributed by atoms with Crippen molar-refractivity contribution in [3.8, 4) is 0 Å². The van der Waals surface area contributed by atoms with Gasteiger partial charge in [-0.2, -0.15) is 0 Å². The molecule has 2 saturated heterocycles. The highest BCUT2D eigenvalue weighted by Gasteiger charge is 2.72. The Morgan fingerprint density at radius 1 is 0.654 bits per heavy atom. The number of rotatable bonds is 1. The van der Waals surface area contributed by atoms with E-state index < -0.39 is 0 Å². The minimum Gasteiger partial charge on any atom is -0.407 e. The molecule has 0 aromatic carbocycles. The summed E-state index contributed by atoms with van der Waals surface area (Å²) in [7, 11) is -0.745. The smallest absolute Gasteiger partial charge is 0.407 e. The first kappa shape index (κ1) is 16.9. The van der Waals surface area contributed by atoms with Crippen LogP contribution in [0, 0.1) is 34.5 Å². The summed E-state index contributed by atoms with van der Waals surface area (Å²) in [5, 5.41) is 0. The topological polar surface area (TPSA) is 36.9 Å². The van der Waals surface area contributed by atoms with Crippen molar-refractivity contribution in [3.05, 3.63) is 0 Å². The van der Waals surface area contributed by atoms with Crippen molar-refractivity contribution in [3.63, 3.8) is 0 Å². The molecule has 6 heteroatoms. The summed E-state index contributed by atoms with van der Waals surface area (Å²) in [6, 6.07) is 0. The standard InChI is InChI=1S/C20H32B2O4/c1-17(2)11-7-13(17)15-19(5,9-11)25-21(23-15)22-24-16-14-8-12(18(14,3)4)10-20(16,6)26-22/h11-16H,7-10H2,1-6H3/t11-,12-,13-,14+,15+,16+,19-,20-/m0/s1. The molecule has 6 aliphatic carbocycles. The number of hydrogen-bond donors (Lipinski definition) is 0. The van der Waals surface area contributed by atoms with Crippen LogP contribution in [-0.4, -0.2) is 37.4 Å². The average molecular weight is 358 g/mol. The predicted octanol–water partition coefficient (Wildman–Crippen LogP) is 3.52. The Labute approximate surface area is 158 Å². The maximum absolute atomic E-state index is 6.52. The Morgan fingerprint density at radius 2 is 1.04 bits per heavy atom. The van der Waals surface area contributed by atoms with Gasteiger partial charge in [-0.1, -0.05) is 27.7 Å². The Kier molecular flexibility index (Phi) is 2.97. The van der Waals surface area contributed by atoms with E-state index in [1.165, 1.54) is 12.8 Å². The second kappa shape index (κ2) is 4.58. The van der Waals surface area contributed by atoms with Crippen molar-refractivity contribution in [2.75, 3.05) is 0 Å². The third-order valence-electron chi connectivity index (χ3n) is 9.89. The SMILES string of the molecule is CC1(C)[C@H]2C[C@@H]1[C@H]1OB(B3O[C@@H]4[C@@H]5C[C@@H](C[C@]4(C)O3)C5(C)C)O[C@@]1(C)C2. The molecule has 8 atom stereocenters. The fraction of sp³-hybridized carbons (Fsp3) is 1.00. The van der Waals surface area contributed by atoms with Crippen LogP contribution in [0.5, 0.6) is 0 Å². The maximum Gasteiger partial charge on any atom is 0.488 e. The molecule has 2 heterocycles. The zero-order valence-corrected chi connectivity index (χ0v) is 17.1. The van der Waals surface area contributed by atoms with Gasteiger partial charge in [0, 0.05) is 0 Å². The summed E-state index contributed by atoms with van der Waals surface area (Å²) < 4.78 is 26.1. The molecular formula is C20H32B2O4. The lowest BCUT2D eigenvalue weighted by molar-refractivity contribution is -0.185. The Bertz CT molecular complexity index is 612. The molecule has 8 rings (SSSR count). The van der Waals surface area contributed by atoms with E-state index in [0.29, 0.717) is 22.7 Å². The van der Waals surface area contributed by atoms with Gasteiger partial charge in [-0.3, -0.25) is 0 Å². The van der Waals surface area contributed by atoms with E-state index in [4.69, 9.17) is 18.6 Å². The Hall–Kier alpha value is -0.0301. The molecular weight excluding hydrogens is 326 g/mol. The normalized spacial score (nSPS) is 57.9. The van der Waals surface area contributed by atoms with Gasteiger partial charge in [0.05, 0.1) is 23.4 Å². The molecule has 0 spiro atoms. The molecule has 0 aromatic rings. The van der Waals surface area contributed by atoms with Gasteiger partial charge in [0.25, 0.3) is 0 Å². The minimum absolute atomic E-state index is 0.170. The van der Waals surface area contributed by atoms with E-state index in [1.54, 1.807) is 0 Å². The average Bonchev–Trinajstić information content (AvgIpc) is 3.10. The van der Waals surface area contributed by atoms with Crippen molar-refractivity contribution in [2.45, 2.75) is 90.6 Å². The van der Waals surface area contributed by atoms with Gasteiger partial charge >= 0.3 is 14.0 Å². The second-order valence-electron chi connectivity index (χ2n) is 11.8. The first-order chi connectivity index (χ1) is 12.0. The van der Waals surface area contributed by atoms with Crippen LogP contribution in [0.25, 0.3) is 0 Å². The van der Waals surface area contributed by atoms with Crippen LogP contribution in [-0.2, 0) is 18.6 Å². The van der Waals surface area contributed by atoms with Crippen molar-refractivity contribution in [1.82, 2.24) is 0 Å². The summed E-state index contributed by atoms with van der Waals surface area (Å²) in [5.41, 5.74) is 0.420. The fourth-order valence-electron chi connectivity index (χ4n) is 7.72. The lowest BCUT2D eigenvalue weighted by Gasteiger charge is -2.63. The molecule has 8 fully saturated rings. The highest BCUT2D eigenvalue weighted by Crippen LogP contribution is 2.66. The van der Waals surface area contributed by atoms with Crippen LogP contribution in [0.3, 0.4) is 0 Å². The largest absolute Gasteiger partial charge is 0.488 e. The van der Waals surface area contributed by atoms with Gasteiger partial charge < -0.3 is 18.6 Å². The van der Waals surface area contributed by atoms with Crippen molar-refractivity contribution in [2.24, 2.45) is 34.5 Å². The van der Waals surface area contributed by atoms with Crippen LogP contribution in [0.15, 0.2) is 0 Å². The quantitative estimate of drug-likeness (QED) is 0.673. The maximum atomic E-state index is 6.52. The van der Waals surface area contributed by atoms with Crippen LogP contribution < -0.4 is 0 Å². The van der Waals surface area contributed by atoms with Gasteiger partial charge in [-0.25, -0.2) is 0 Å². The van der Waals surface area contributed by atoms with Crippen LogP contribution >= 0.6 is 0 Å². The monoisotopic (exact) mass is 358 g/mol. The van der Waals surface area contributed by atoms with Gasteiger partial charge in [0.15, 0.2) is 0 Å². The number of hydrogen-bond acceptors (Lipinski definition) is 4. The first-order valence-corrected chi connectivity index (χ1v) is 10.7. The minimum atomic E-state index is -0.372. The lowest BCUT2D eigenvalue weighted by Crippen LogP contribution is -2.63. The van der Waals surface area contributed by atoms with E-state index in [0.717, 1.165) is 24.7 Å². The third kappa shape index (κ3) is 1.79. The molecule has 0 N–H and O–H groups in total. The second-order valence-corrected chi connectivity index (χ2v) is 11.8. The molecule has 4 bridgehead atoms. The van der Waals surface area contributed by atoms with E-state index in [2.05, 4.69) is 41.5 Å². The summed E-state index contributed by atoms with van der Waals surface area (Å²) in [6.45, 7) is 14.1. The first-order valence-electron chi connectivity index (χ1n) is 10.7. The molecule has 0 radical (unpaired) electrons. The highest BCUT2D eigenvalue weighted by molar-refractivity contribution is 7.11. The van der Waals surface area contributed by atoms with Crippen LogP contribution in [0.2, 0.25) is 0 Å². The molecule has 6 saturated carbocycles. The molecule has 2 aliphatic heterocycles. The molecule has 0 amide bonds. The summed E-state index contributed by atoms with van der Waals surface area (Å²) >= 11 is 0. The Morgan fingerprint density at radius 3 is 1.38 bits per heavy atom. The summed E-state index contributed by atoms with van der Waals surface area (Å²) in [5.74, 6) is 2.72. The molecule has 4 nitrogen and oxygen atoms in total. The van der Waals surface area contributed by atoms with Crippen molar-refractivity contribution in [1.29, 1.82) is 0 Å². The van der Waals surface area contributed by atoms with E-state index in [9.17, 15) is 0 Å². The fourth-order valence-corrected chi connectivity index (χ4v) is 7.72. The van der Waals surface area contributed by atoms with Gasteiger partial charge in [-0.15, -0.1) is 0 Å². The van der Waals surface area contributed by atoms with Gasteiger partial charge in [0.2, 0.25) is 0 Å². The van der Waals surface area contributed by atoms with Gasteiger partial charge in [-0.05, 0) is 74.0 Å². The lowest BCUT2D eigenvalue weighted by atomic mass is 9.45. The van der Waals surface area contributed by atoms with E-state index in [1.807, 2.05) is 0 Å². The van der Waals surface area contributed by atoms with E-state index >= 15 is 0 Å². The molecule has 8 aliphatic rings. The zero-order valence-electron chi connectivity index (χ0n) is 17.1. The van der Waals surface area contributed by atoms with Gasteiger partial charge in [0.1, 0.15) is 0 Å². The Balaban J connectivity index is 1.23. The zero-order chi connectivity index (χ0) is 18.3. The molecule has 26 heavy (non-hydrogen) atoms. The van der Waals surface area contributed by atoms with E-state index in [-0.39, 0.29) is 37.4 Å². The molecule has 0 aromatic heterocycles. The predicted molar refractivity (Wildman–Crippen MR) is 100 cm³/mol. The third-order valence-corrected chi connectivity index (χ3v) is 9.89.